The summed E-state index contributed by atoms with van der Waals surface area (Å²) in [7, 11) is 0. The van der Waals surface area contributed by atoms with Gasteiger partial charge in [0.05, 0.1) is 0 Å². The van der Waals surface area contributed by atoms with E-state index in [0.717, 1.165) is 24.5 Å². The fourth-order valence-electron chi connectivity index (χ4n) is 3.20. The highest BCUT2D eigenvalue weighted by Crippen LogP contribution is 2.31. The van der Waals surface area contributed by atoms with Crippen LogP contribution < -0.4 is 10.2 Å². The van der Waals surface area contributed by atoms with Crippen molar-refractivity contribution in [3.63, 3.8) is 0 Å². The quantitative estimate of drug-likeness (QED) is 0.745. The first-order chi connectivity index (χ1) is 12.2. The molecule has 4 heteroatoms. The standard InChI is InChI=1S/C21H22N4/c1-21(23-14-17-8-4-2-5-9-17)24-15-19-12-13-22-20(19)25(21)16-18-10-6-3-7-11-18/h2-13,15,22-23H,14,16H2,1H3. The molecule has 1 aliphatic rings. The van der Waals surface area contributed by atoms with Crippen molar-refractivity contribution in [2.75, 3.05) is 4.90 Å². The van der Waals surface area contributed by atoms with Gasteiger partial charge in [0, 0.05) is 31.1 Å². The predicted molar refractivity (Wildman–Crippen MR) is 103 cm³/mol. The fourth-order valence-corrected chi connectivity index (χ4v) is 3.20. The molecule has 2 N–H and O–H groups in total. The summed E-state index contributed by atoms with van der Waals surface area (Å²) in [6, 6.07) is 23.0. The van der Waals surface area contributed by atoms with Crippen molar-refractivity contribution in [2.24, 2.45) is 4.99 Å². The van der Waals surface area contributed by atoms with Crippen LogP contribution in [-0.2, 0) is 13.1 Å². The molecule has 0 spiro atoms. The molecular formula is C21H22N4. The molecule has 3 aromatic rings. The first-order valence-corrected chi connectivity index (χ1v) is 8.58. The number of anilines is 1. The lowest BCUT2D eigenvalue weighted by atomic mass is 10.1. The number of nitrogens with zero attached hydrogens (tertiary/aromatic N) is 2. The lowest BCUT2D eigenvalue weighted by Crippen LogP contribution is -2.57. The Morgan fingerprint density at radius 1 is 0.960 bits per heavy atom. The molecule has 0 aliphatic carbocycles. The number of fused-ring (bicyclic) bond motifs is 1. The van der Waals surface area contributed by atoms with Crippen LogP contribution in [0.15, 0.2) is 77.9 Å². The maximum atomic E-state index is 4.84. The monoisotopic (exact) mass is 330 g/mol. The zero-order valence-electron chi connectivity index (χ0n) is 14.3. The predicted octanol–water partition coefficient (Wildman–Crippen LogP) is 3.92. The average Bonchev–Trinajstić information content (AvgIpc) is 3.13. The molecule has 0 bridgehead atoms. The highest BCUT2D eigenvalue weighted by molar-refractivity contribution is 5.89. The third kappa shape index (κ3) is 3.21. The zero-order chi connectivity index (χ0) is 17.1. The number of aromatic amines is 1. The molecule has 1 aliphatic heterocycles. The lowest BCUT2D eigenvalue weighted by molar-refractivity contribution is 0.340. The molecule has 0 radical (unpaired) electrons. The van der Waals surface area contributed by atoms with Crippen molar-refractivity contribution in [1.82, 2.24) is 10.3 Å². The lowest BCUT2D eigenvalue weighted by Gasteiger charge is -2.42. The molecule has 126 valence electrons. The number of benzene rings is 2. The van der Waals surface area contributed by atoms with Crippen LogP contribution in [0.25, 0.3) is 0 Å². The van der Waals surface area contributed by atoms with Crippen LogP contribution in [0.5, 0.6) is 0 Å². The number of nitrogens with one attached hydrogen (secondary N) is 2. The van der Waals surface area contributed by atoms with Crippen LogP contribution >= 0.6 is 0 Å². The molecular weight excluding hydrogens is 308 g/mol. The first-order valence-electron chi connectivity index (χ1n) is 8.58. The third-order valence-electron chi connectivity index (χ3n) is 4.66. The maximum Gasteiger partial charge on any atom is 0.185 e. The van der Waals surface area contributed by atoms with Crippen LogP contribution in [0.4, 0.5) is 5.82 Å². The number of hydrogen-bond donors (Lipinski definition) is 2. The molecule has 2 aromatic carbocycles. The second-order valence-electron chi connectivity index (χ2n) is 6.47. The van der Waals surface area contributed by atoms with Gasteiger partial charge >= 0.3 is 0 Å². The van der Waals surface area contributed by atoms with Crippen LogP contribution in [-0.4, -0.2) is 17.0 Å². The summed E-state index contributed by atoms with van der Waals surface area (Å²) in [5, 5.41) is 3.62. The highest BCUT2D eigenvalue weighted by atomic mass is 15.4. The molecule has 0 amide bonds. The summed E-state index contributed by atoms with van der Waals surface area (Å²) >= 11 is 0. The van der Waals surface area contributed by atoms with Gasteiger partial charge in [-0.15, -0.1) is 0 Å². The number of aromatic nitrogens is 1. The van der Waals surface area contributed by atoms with Crippen molar-refractivity contribution in [1.29, 1.82) is 0 Å². The van der Waals surface area contributed by atoms with E-state index in [-0.39, 0.29) is 0 Å². The fraction of sp³-hybridized carbons (Fsp3) is 0.190. The van der Waals surface area contributed by atoms with E-state index in [9.17, 15) is 0 Å². The van der Waals surface area contributed by atoms with Gasteiger partial charge in [0.25, 0.3) is 0 Å². The maximum absolute atomic E-state index is 4.84. The number of aliphatic imine (C=N–C) groups is 1. The number of hydrogen-bond acceptors (Lipinski definition) is 3. The van der Waals surface area contributed by atoms with Gasteiger partial charge in [-0.2, -0.15) is 0 Å². The Bertz CT molecular complexity index is 854. The summed E-state index contributed by atoms with van der Waals surface area (Å²) in [6.07, 6.45) is 3.92. The summed E-state index contributed by atoms with van der Waals surface area (Å²) < 4.78 is 0. The Hall–Kier alpha value is -2.85. The van der Waals surface area contributed by atoms with Gasteiger partial charge in [-0.05, 0) is 24.1 Å². The van der Waals surface area contributed by atoms with Gasteiger partial charge in [0.15, 0.2) is 5.79 Å². The van der Waals surface area contributed by atoms with E-state index in [0.29, 0.717) is 0 Å². The highest BCUT2D eigenvalue weighted by Gasteiger charge is 2.35. The molecule has 2 heterocycles. The minimum absolute atomic E-state index is 0.510. The summed E-state index contributed by atoms with van der Waals surface area (Å²) in [6.45, 7) is 3.67. The van der Waals surface area contributed by atoms with Crippen LogP contribution in [0, 0.1) is 0 Å². The Morgan fingerprint density at radius 2 is 1.64 bits per heavy atom. The second-order valence-corrected chi connectivity index (χ2v) is 6.47. The van der Waals surface area contributed by atoms with Crippen LogP contribution in [0.2, 0.25) is 0 Å². The van der Waals surface area contributed by atoms with Gasteiger partial charge in [-0.25, -0.2) is 4.99 Å². The Labute approximate surface area is 148 Å². The van der Waals surface area contributed by atoms with E-state index in [1.165, 1.54) is 11.1 Å². The summed E-state index contributed by atoms with van der Waals surface area (Å²) in [5.41, 5.74) is 3.62. The normalized spacial score (nSPS) is 19.0. The van der Waals surface area contributed by atoms with Crippen LogP contribution in [0.3, 0.4) is 0 Å². The largest absolute Gasteiger partial charge is 0.348 e. The Balaban J connectivity index is 1.62. The topological polar surface area (TPSA) is 43.4 Å². The molecule has 1 unspecified atom stereocenters. The smallest absolute Gasteiger partial charge is 0.185 e. The molecule has 0 saturated heterocycles. The minimum Gasteiger partial charge on any atom is -0.348 e. The zero-order valence-corrected chi connectivity index (χ0v) is 14.3. The SMILES string of the molecule is CC1(NCc2ccccc2)N=Cc2cc[nH]c2N1Cc1ccccc1. The van der Waals surface area contributed by atoms with Gasteiger partial charge in [0.1, 0.15) is 5.82 Å². The van der Waals surface area contributed by atoms with Crippen molar-refractivity contribution in [3.8, 4) is 0 Å². The van der Waals surface area contributed by atoms with E-state index < -0.39 is 5.79 Å². The van der Waals surface area contributed by atoms with Gasteiger partial charge in [-0.1, -0.05) is 60.7 Å². The molecule has 1 atom stereocenters. The number of rotatable bonds is 5. The first kappa shape index (κ1) is 15.7. The molecule has 1 aromatic heterocycles. The van der Waals surface area contributed by atoms with Crippen molar-refractivity contribution >= 4 is 12.0 Å². The average molecular weight is 330 g/mol. The molecule has 0 fully saturated rings. The van der Waals surface area contributed by atoms with Crippen molar-refractivity contribution < 1.29 is 0 Å². The second kappa shape index (κ2) is 6.57. The van der Waals surface area contributed by atoms with Gasteiger partial charge < -0.3 is 9.88 Å². The van der Waals surface area contributed by atoms with E-state index in [4.69, 9.17) is 4.99 Å². The minimum atomic E-state index is -0.510. The van der Waals surface area contributed by atoms with Crippen molar-refractivity contribution in [2.45, 2.75) is 25.8 Å². The van der Waals surface area contributed by atoms with Crippen LogP contribution in [0.1, 0.15) is 23.6 Å². The third-order valence-corrected chi connectivity index (χ3v) is 4.66. The van der Waals surface area contributed by atoms with E-state index >= 15 is 0 Å². The summed E-state index contributed by atoms with van der Waals surface area (Å²) in [5.74, 6) is 0.589. The summed E-state index contributed by atoms with van der Waals surface area (Å²) in [4.78, 5) is 10.5. The van der Waals surface area contributed by atoms with Gasteiger partial charge in [0.2, 0.25) is 0 Å². The molecule has 4 rings (SSSR count). The van der Waals surface area contributed by atoms with E-state index in [2.05, 4.69) is 76.7 Å². The van der Waals surface area contributed by atoms with E-state index in [1.807, 2.05) is 24.5 Å². The Morgan fingerprint density at radius 3 is 2.36 bits per heavy atom. The molecule has 0 saturated carbocycles. The molecule has 4 nitrogen and oxygen atoms in total. The Kier molecular flexibility index (Phi) is 4.12. The molecule has 25 heavy (non-hydrogen) atoms. The number of H-pyrrole nitrogens is 1. The van der Waals surface area contributed by atoms with E-state index in [1.54, 1.807) is 0 Å². The van der Waals surface area contributed by atoms with Crippen molar-refractivity contribution in [3.05, 3.63) is 89.6 Å². The van der Waals surface area contributed by atoms with Gasteiger partial charge in [-0.3, -0.25) is 5.32 Å².